The molecule has 1 N–H and O–H groups in total. The van der Waals surface area contributed by atoms with Crippen LogP contribution in [0.3, 0.4) is 0 Å². The summed E-state index contributed by atoms with van der Waals surface area (Å²) in [7, 11) is 0. The molecule has 5 nitrogen and oxygen atoms in total. The monoisotopic (exact) mass is 333 g/mol. The van der Waals surface area contributed by atoms with Crippen LogP contribution in [0.15, 0.2) is 12.4 Å². The van der Waals surface area contributed by atoms with Crippen LogP contribution in [0.4, 0.5) is 5.82 Å². The zero-order valence-corrected chi connectivity index (χ0v) is 15.2. The third-order valence-corrected chi connectivity index (χ3v) is 5.38. The van der Waals surface area contributed by atoms with Gasteiger partial charge < -0.3 is 14.7 Å². The number of aromatic nitrogens is 2. The average molecular weight is 333 g/mol. The summed E-state index contributed by atoms with van der Waals surface area (Å²) in [6.45, 7) is 8.20. The molecule has 2 heterocycles. The van der Waals surface area contributed by atoms with E-state index in [1.165, 1.54) is 0 Å². The first-order valence-corrected chi connectivity index (χ1v) is 9.44. The van der Waals surface area contributed by atoms with Crippen LogP contribution in [0.5, 0.6) is 5.88 Å². The van der Waals surface area contributed by atoms with Gasteiger partial charge in [0, 0.05) is 18.5 Å². The van der Waals surface area contributed by atoms with Crippen LogP contribution in [0, 0.1) is 17.8 Å². The number of anilines is 1. The molecule has 0 aromatic carbocycles. The van der Waals surface area contributed by atoms with Crippen molar-refractivity contribution in [1.29, 1.82) is 0 Å². The highest BCUT2D eigenvalue weighted by atomic mass is 16.5. The Kier molecular flexibility index (Phi) is 5.59. The predicted octanol–water partition coefficient (Wildman–Crippen LogP) is 3.28. The van der Waals surface area contributed by atoms with E-state index in [-0.39, 0.29) is 6.10 Å². The number of aliphatic hydroxyl groups excluding tert-OH is 1. The average Bonchev–Trinajstić information content (AvgIpc) is 3.05. The van der Waals surface area contributed by atoms with Crippen LogP contribution in [0.25, 0.3) is 0 Å². The molecule has 1 aromatic heterocycles. The lowest BCUT2D eigenvalue weighted by molar-refractivity contribution is 0.0389. The van der Waals surface area contributed by atoms with Crippen molar-refractivity contribution in [1.82, 2.24) is 9.97 Å². The van der Waals surface area contributed by atoms with Gasteiger partial charge >= 0.3 is 0 Å². The molecule has 0 spiro atoms. The quantitative estimate of drug-likeness (QED) is 0.896. The molecule has 1 saturated carbocycles. The summed E-state index contributed by atoms with van der Waals surface area (Å²) in [5.41, 5.74) is 0. The van der Waals surface area contributed by atoms with Crippen LogP contribution in [-0.4, -0.2) is 40.4 Å². The van der Waals surface area contributed by atoms with Gasteiger partial charge in [0.15, 0.2) is 5.82 Å². The Labute approximate surface area is 145 Å². The number of rotatable bonds is 5. The van der Waals surface area contributed by atoms with E-state index in [1.54, 1.807) is 6.20 Å². The zero-order chi connectivity index (χ0) is 17.1. The van der Waals surface area contributed by atoms with Crippen LogP contribution >= 0.6 is 0 Å². The zero-order valence-electron chi connectivity index (χ0n) is 15.2. The molecule has 5 heteroatoms. The molecule has 0 amide bonds. The second-order valence-electron chi connectivity index (χ2n) is 7.97. The molecule has 0 bridgehead atoms. The van der Waals surface area contributed by atoms with E-state index in [9.17, 15) is 5.11 Å². The lowest BCUT2D eigenvalue weighted by Gasteiger charge is -2.39. The summed E-state index contributed by atoms with van der Waals surface area (Å²) in [6, 6.07) is 0.373. The van der Waals surface area contributed by atoms with Crippen molar-refractivity contribution in [2.75, 3.05) is 18.1 Å². The summed E-state index contributed by atoms with van der Waals surface area (Å²) in [5.74, 6) is 3.01. The first-order valence-electron chi connectivity index (χ1n) is 9.44. The van der Waals surface area contributed by atoms with Gasteiger partial charge in [0.05, 0.1) is 25.1 Å². The molecular formula is C19H31N3O2. The van der Waals surface area contributed by atoms with Crippen LogP contribution in [0.2, 0.25) is 0 Å². The first-order chi connectivity index (χ1) is 11.5. The normalized spacial score (nSPS) is 30.8. The summed E-state index contributed by atoms with van der Waals surface area (Å²) < 4.78 is 5.74. The number of ether oxygens (including phenoxy) is 1. The second kappa shape index (κ2) is 7.68. The Bertz CT molecular complexity index is 537. The molecule has 134 valence electrons. The number of aliphatic hydroxyl groups is 1. The van der Waals surface area contributed by atoms with E-state index in [4.69, 9.17) is 4.74 Å². The highest BCUT2D eigenvalue weighted by Gasteiger charge is 2.39. The number of hydrogen-bond acceptors (Lipinski definition) is 5. The van der Waals surface area contributed by atoms with Gasteiger partial charge in [0.25, 0.3) is 0 Å². The molecule has 0 unspecified atom stereocenters. The largest absolute Gasteiger partial charge is 0.476 e. The third-order valence-electron chi connectivity index (χ3n) is 5.38. The minimum absolute atomic E-state index is 0.180. The van der Waals surface area contributed by atoms with Gasteiger partial charge in [-0.3, -0.25) is 4.98 Å². The van der Waals surface area contributed by atoms with Crippen LogP contribution in [-0.2, 0) is 0 Å². The van der Waals surface area contributed by atoms with Gasteiger partial charge in [-0.05, 0) is 43.9 Å². The molecule has 1 saturated heterocycles. The molecule has 1 aliphatic carbocycles. The lowest BCUT2D eigenvalue weighted by Crippen LogP contribution is -2.44. The maximum absolute atomic E-state index is 10.5. The van der Waals surface area contributed by atoms with E-state index in [2.05, 4.69) is 35.6 Å². The summed E-state index contributed by atoms with van der Waals surface area (Å²) in [4.78, 5) is 11.4. The SMILES string of the molecule is CC(C)COc1cncc(N2CCC[C@@H]2[C@@H]2C[C@H](C)CC[C@@H]2O)n1. The highest BCUT2D eigenvalue weighted by molar-refractivity contribution is 5.41. The Hall–Kier alpha value is -1.36. The molecular weight excluding hydrogens is 302 g/mol. The fourth-order valence-corrected chi connectivity index (χ4v) is 4.14. The van der Waals surface area contributed by atoms with E-state index in [1.807, 2.05) is 6.20 Å². The van der Waals surface area contributed by atoms with Crippen molar-refractivity contribution >= 4 is 5.82 Å². The highest BCUT2D eigenvalue weighted by Crippen LogP contribution is 2.38. The van der Waals surface area contributed by atoms with Gasteiger partial charge in [0.1, 0.15) is 0 Å². The molecule has 2 fully saturated rings. The smallest absolute Gasteiger partial charge is 0.234 e. The van der Waals surface area contributed by atoms with Crippen molar-refractivity contribution in [3.63, 3.8) is 0 Å². The molecule has 3 rings (SSSR count). The van der Waals surface area contributed by atoms with Gasteiger partial charge in [-0.25, -0.2) is 0 Å². The third kappa shape index (κ3) is 4.00. The number of hydrogen-bond donors (Lipinski definition) is 1. The standard InChI is InChI=1S/C19H31N3O2/c1-13(2)12-24-19-11-20-10-18(21-19)22-8-4-5-16(22)15-9-14(3)6-7-17(15)23/h10-11,13-17,23H,4-9,12H2,1-3H3/t14-,15+,16-,17+/m1/s1. The summed E-state index contributed by atoms with van der Waals surface area (Å²) >= 11 is 0. The summed E-state index contributed by atoms with van der Waals surface area (Å²) in [5, 5.41) is 10.5. The second-order valence-corrected chi connectivity index (χ2v) is 7.97. The molecule has 0 radical (unpaired) electrons. The fraction of sp³-hybridized carbons (Fsp3) is 0.789. The van der Waals surface area contributed by atoms with Gasteiger partial charge in [-0.1, -0.05) is 20.8 Å². The molecule has 1 aliphatic heterocycles. The molecule has 24 heavy (non-hydrogen) atoms. The lowest BCUT2D eigenvalue weighted by atomic mass is 9.76. The van der Waals surface area contributed by atoms with E-state index in [0.717, 1.165) is 44.5 Å². The Balaban J connectivity index is 1.74. The van der Waals surface area contributed by atoms with Crippen LogP contribution < -0.4 is 9.64 Å². The first kappa shape index (κ1) is 17.5. The van der Waals surface area contributed by atoms with E-state index >= 15 is 0 Å². The van der Waals surface area contributed by atoms with Crippen molar-refractivity contribution < 1.29 is 9.84 Å². The van der Waals surface area contributed by atoms with Crippen molar-refractivity contribution in [3.8, 4) is 5.88 Å². The Morgan fingerprint density at radius 3 is 2.92 bits per heavy atom. The Morgan fingerprint density at radius 1 is 1.29 bits per heavy atom. The maximum atomic E-state index is 10.5. The molecule has 2 aliphatic rings. The minimum atomic E-state index is -0.180. The Morgan fingerprint density at radius 2 is 2.12 bits per heavy atom. The van der Waals surface area contributed by atoms with Crippen LogP contribution in [0.1, 0.15) is 52.9 Å². The van der Waals surface area contributed by atoms with Gasteiger partial charge in [0.2, 0.25) is 5.88 Å². The molecule has 4 atom stereocenters. The molecule has 1 aromatic rings. The van der Waals surface area contributed by atoms with Gasteiger partial charge in [-0.2, -0.15) is 4.98 Å². The summed E-state index contributed by atoms with van der Waals surface area (Å²) in [6.07, 6.45) is 8.81. The fourth-order valence-electron chi connectivity index (χ4n) is 4.14. The van der Waals surface area contributed by atoms with E-state index in [0.29, 0.717) is 36.3 Å². The van der Waals surface area contributed by atoms with E-state index < -0.39 is 0 Å². The minimum Gasteiger partial charge on any atom is -0.476 e. The maximum Gasteiger partial charge on any atom is 0.234 e. The van der Waals surface area contributed by atoms with Crippen molar-refractivity contribution in [3.05, 3.63) is 12.4 Å². The predicted molar refractivity (Wildman–Crippen MR) is 95.2 cm³/mol. The van der Waals surface area contributed by atoms with Crippen molar-refractivity contribution in [2.45, 2.75) is 65.0 Å². The van der Waals surface area contributed by atoms with Crippen molar-refractivity contribution in [2.24, 2.45) is 17.8 Å². The van der Waals surface area contributed by atoms with Gasteiger partial charge in [-0.15, -0.1) is 0 Å². The topological polar surface area (TPSA) is 58.5 Å². The number of nitrogens with zero attached hydrogens (tertiary/aromatic N) is 3.